The van der Waals surface area contributed by atoms with Crippen molar-refractivity contribution in [1.29, 1.82) is 0 Å². The van der Waals surface area contributed by atoms with Crippen LogP contribution in [0.4, 0.5) is 0 Å². The third-order valence-electron chi connectivity index (χ3n) is 5.44. The smallest absolute Gasteiger partial charge is 0.00951 e. The van der Waals surface area contributed by atoms with E-state index < -0.39 is 0 Å². The molecule has 0 aromatic rings. The van der Waals surface area contributed by atoms with Crippen molar-refractivity contribution in [2.75, 3.05) is 13.1 Å². The zero-order chi connectivity index (χ0) is 13.0. The molecule has 17 heavy (non-hydrogen) atoms. The van der Waals surface area contributed by atoms with E-state index in [1.807, 2.05) is 0 Å². The Bertz CT molecular complexity index is 206. The van der Waals surface area contributed by atoms with Crippen molar-refractivity contribution < 1.29 is 0 Å². The Morgan fingerprint density at radius 3 is 1.65 bits per heavy atom. The molecule has 1 aliphatic rings. The molecule has 0 aliphatic carbocycles. The molecule has 0 bridgehead atoms. The Hall–Kier alpha value is -0.0400. The summed E-state index contributed by atoms with van der Waals surface area (Å²) in [4.78, 5) is 2.72. The van der Waals surface area contributed by atoms with Gasteiger partial charge in [0.05, 0.1) is 0 Å². The van der Waals surface area contributed by atoms with E-state index in [2.05, 4.69) is 46.4 Å². The van der Waals surface area contributed by atoms with E-state index in [0.29, 0.717) is 0 Å². The van der Waals surface area contributed by atoms with Crippen molar-refractivity contribution in [3.63, 3.8) is 0 Å². The predicted octanol–water partition coefficient (Wildman–Crippen LogP) is 4.43. The molecule has 0 radical (unpaired) electrons. The summed E-state index contributed by atoms with van der Waals surface area (Å²) in [6.07, 6.45) is 4.26. The van der Waals surface area contributed by atoms with Gasteiger partial charge in [-0.3, -0.25) is 0 Å². The van der Waals surface area contributed by atoms with E-state index in [4.69, 9.17) is 0 Å². The highest BCUT2D eigenvalue weighted by molar-refractivity contribution is 4.81. The number of rotatable bonds is 5. The van der Waals surface area contributed by atoms with E-state index in [1.54, 1.807) is 0 Å². The number of piperidine rings is 1. The molecule has 1 aliphatic heterocycles. The van der Waals surface area contributed by atoms with Crippen LogP contribution in [0.2, 0.25) is 0 Å². The minimum Gasteiger partial charge on any atom is -0.300 e. The fourth-order valence-corrected chi connectivity index (χ4v) is 3.18. The van der Waals surface area contributed by atoms with Gasteiger partial charge in [-0.25, -0.2) is 0 Å². The second-order valence-corrected chi connectivity index (χ2v) is 6.66. The molecule has 1 saturated heterocycles. The Morgan fingerprint density at radius 2 is 1.18 bits per heavy atom. The minimum atomic E-state index is 0.756. The average Bonchev–Trinajstić information content (AvgIpc) is 2.36. The van der Waals surface area contributed by atoms with Gasteiger partial charge in [-0.2, -0.15) is 0 Å². The number of nitrogens with zero attached hydrogens (tertiary/aromatic N) is 1. The van der Waals surface area contributed by atoms with E-state index in [9.17, 15) is 0 Å². The van der Waals surface area contributed by atoms with Crippen LogP contribution in [0, 0.1) is 23.7 Å². The zero-order valence-corrected chi connectivity index (χ0v) is 12.9. The van der Waals surface area contributed by atoms with E-state index in [-0.39, 0.29) is 0 Å². The lowest BCUT2D eigenvalue weighted by molar-refractivity contribution is 0.0865. The molecular formula is C16H33N. The summed E-state index contributed by atoms with van der Waals surface area (Å²) in [6, 6.07) is 0.756. The predicted molar refractivity (Wildman–Crippen MR) is 77.2 cm³/mol. The standard InChI is InChI=1S/C16H33N/c1-12(2)13(3)14(4)15(5)16(6)17-10-8-7-9-11-17/h12-16H,7-11H2,1-6H3. The maximum Gasteiger partial charge on any atom is 0.00951 e. The molecule has 0 N–H and O–H groups in total. The van der Waals surface area contributed by atoms with Crippen molar-refractivity contribution in [2.24, 2.45) is 23.7 Å². The third kappa shape index (κ3) is 3.98. The summed E-state index contributed by atoms with van der Waals surface area (Å²) in [5.41, 5.74) is 0. The molecule has 1 heterocycles. The van der Waals surface area contributed by atoms with Crippen LogP contribution in [0.1, 0.15) is 60.8 Å². The van der Waals surface area contributed by atoms with Crippen LogP contribution in [-0.4, -0.2) is 24.0 Å². The average molecular weight is 239 g/mol. The van der Waals surface area contributed by atoms with Gasteiger partial charge in [0.2, 0.25) is 0 Å². The first-order chi connectivity index (χ1) is 7.95. The number of hydrogen-bond donors (Lipinski definition) is 0. The fraction of sp³-hybridized carbons (Fsp3) is 1.00. The molecule has 1 heteroatoms. The van der Waals surface area contributed by atoms with Gasteiger partial charge in [0, 0.05) is 6.04 Å². The van der Waals surface area contributed by atoms with Crippen molar-refractivity contribution in [3.8, 4) is 0 Å². The lowest BCUT2D eigenvalue weighted by atomic mass is 9.76. The molecule has 1 rings (SSSR count). The van der Waals surface area contributed by atoms with Crippen molar-refractivity contribution >= 4 is 0 Å². The molecular weight excluding hydrogens is 206 g/mol. The molecule has 4 unspecified atom stereocenters. The normalized spacial score (nSPS) is 25.6. The zero-order valence-electron chi connectivity index (χ0n) is 12.9. The first kappa shape index (κ1) is 15.0. The highest BCUT2D eigenvalue weighted by Gasteiger charge is 2.29. The Kier molecular flexibility index (Phi) is 5.99. The maximum atomic E-state index is 2.72. The summed E-state index contributed by atoms with van der Waals surface area (Å²) in [6.45, 7) is 17.2. The molecule has 0 aromatic carbocycles. The molecule has 102 valence electrons. The number of hydrogen-bond acceptors (Lipinski definition) is 1. The largest absolute Gasteiger partial charge is 0.300 e. The first-order valence-corrected chi connectivity index (χ1v) is 7.69. The van der Waals surface area contributed by atoms with Crippen molar-refractivity contribution in [3.05, 3.63) is 0 Å². The van der Waals surface area contributed by atoms with E-state index >= 15 is 0 Å². The van der Waals surface area contributed by atoms with Crippen LogP contribution in [0.15, 0.2) is 0 Å². The highest BCUT2D eigenvalue weighted by Crippen LogP contribution is 2.31. The van der Waals surface area contributed by atoms with Crippen LogP contribution in [0.5, 0.6) is 0 Å². The van der Waals surface area contributed by atoms with Crippen LogP contribution in [0.3, 0.4) is 0 Å². The van der Waals surface area contributed by atoms with Gasteiger partial charge < -0.3 is 4.90 Å². The fourth-order valence-electron chi connectivity index (χ4n) is 3.18. The summed E-state index contributed by atoms with van der Waals surface area (Å²) in [5, 5.41) is 0. The van der Waals surface area contributed by atoms with Crippen molar-refractivity contribution in [2.45, 2.75) is 66.8 Å². The van der Waals surface area contributed by atoms with Gasteiger partial charge in [0.1, 0.15) is 0 Å². The lowest BCUT2D eigenvalue weighted by Crippen LogP contribution is -2.43. The van der Waals surface area contributed by atoms with Crippen molar-refractivity contribution in [1.82, 2.24) is 4.90 Å². The summed E-state index contributed by atoms with van der Waals surface area (Å²) in [7, 11) is 0. The monoisotopic (exact) mass is 239 g/mol. The molecule has 4 atom stereocenters. The second-order valence-electron chi connectivity index (χ2n) is 6.66. The van der Waals surface area contributed by atoms with Crippen LogP contribution in [-0.2, 0) is 0 Å². The summed E-state index contributed by atoms with van der Waals surface area (Å²) in [5.74, 6) is 3.27. The van der Waals surface area contributed by atoms with Gasteiger partial charge in [0.25, 0.3) is 0 Å². The summed E-state index contributed by atoms with van der Waals surface area (Å²) >= 11 is 0. The van der Waals surface area contributed by atoms with E-state index in [1.165, 1.54) is 32.4 Å². The Balaban J connectivity index is 2.52. The van der Waals surface area contributed by atoms with Gasteiger partial charge in [0.15, 0.2) is 0 Å². The first-order valence-electron chi connectivity index (χ1n) is 7.69. The summed E-state index contributed by atoms with van der Waals surface area (Å²) < 4.78 is 0. The Morgan fingerprint density at radius 1 is 0.647 bits per heavy atom. The van der Waals surface area contributed by atoms with Gasteiger partial charge in [-0.1, -0.05) is 41.0 Å². The van der Waals surface area contributed by atoms with E-state index in [0.717, 1.165) is 29.7 Å². The minimum absolute atomic E-state index is 0.756. The highest BCUT2D eigenvalue weighted by atomic mass is 15.2. The third-order valence-corrected chi connectivity index (χ3v) is 5.44. The molecule has 0 spiro atoms. The Labute approximate surface area is 109 Å². The number of likely N-dealkylation sites (tertiary alicyclic amines) is 1. The maximum absolute atomic E-state index is 2.72. The second kappa shape index (κ2) is 6.78. The molecule has 1 nitrogen and oxygen atoms in total. The van der Waals surface area contributed by atoms with Gasteiger partial charge in [-0.15, -0.1) is 0 Å². The molecule has 0 saturated carbocycles. The topological polar surface area (TPSA) is 3.24 Å². The van der Waals surface area contributed by atoms with Crippen LogP contribution in [0.25, 0.3) is 0 Å². The van der Waals surface area contributed by atoms with Gasteiger partial charge in [-0.05, 0) is 56.5 Å². The molecule has 1 fully saturated rings. The lowest BCUT2D eigenvalue weighted by Gasteiger charge is -2.40. The molecule has 0 aromatic heterocycles. The SMILES string of the molecule is CC(C)C(C)C(C)C(C)C(C)N1CCCCC1. The quantitative estimate of drug-likeness (QED) is 0.686. The molecule has 0 amide bonds. The van der Waals surface area contributed by atoms with Crippen LogP contribution >= 0.6 is 0 Å². The van der Waals surface area contributed by atoms with Gasteiger partial charge >= 0.3 is 0 Å². The van der Waals surface area contributed by atoms with Crippen LogP contribution < -0.4 is 0 Å².